The summed E-state index contributed by atoms with van der Waals surface area (Å²) >= 11 is 0. The quantitative estimate of drug-likeness (QED) is 0.727. The summed E-state index contributed by atoms with van der Waals surface area (Å²) in [6.07, 6.45) is 7.10. The topological polar surface area (TPSA) is 6.48 Å². The van der Waals surface area contributed by atoms with E-state index in [0.717, 1.165) is 12.0 Å². The zero-order valence-electron chi connectivity index (χ0n) is 11.1. The molecule has 16 heavy (non-hydrogen) atoms. The van der Waals surface area contributed by atoms with Crippen molar-refractivity contribution >= 4 is 0 Å². The van der Waals surface area contributed by atoms with E-state index in [9.17, 15) is 0 Å². The van der Waals surface area contributed by atoms with E-state index in [-0.39, 0.29) is 0 Å². The zero-order chi connectivity index (χ0) is 11.4. The van der Waals surface area contributed by atoms with Gasteiger partial charge >= 0.3 is 0 Å². The van der Waals surface area contributed by atoms with Crippen LogP contribution in [-0.4, -0.2) is 48.6 Å². The summed E-state index contributed by atoms with van der Waals surface area (Å²) in [6, 6.07) is 0.903. The Morgan fingerprint density at radius 2 is 1.50 bits per heavy atom. The molecule has 94 valence electrons. The minimum atomic E-state index is 0.903. The summed E-state index contributed by atoms with van der Waals surface area (Å²) < 4.78 is 0. The van der Waals surface area contributed by atoms with Crippen molar-refractivity contribution in [2.24, 2.45) is 5.92 Å². The van der Waals surface area contributed by atoms with Crippen molar-refractivity contribution in [3.63, 3.8) is 0 Å². The van der Waals surface area contributed by atoms with Gasteiger partial charge in [0.15, 0.2) is 0 Å². The SMILES string of the molecule is CCC1CCN(C2CCN(CC)CC2)CC1. The van der Waals surface area contributed by atoms with Gasteiger partial charge in [-0.3, -0.25) is 0 Å². The molecular formula is C14H28N2. The molecule has 0 radical (unpaired) electrons. The molecule has 0 bridgehead atoms. The molecule has 2 aliphatic heterocycles. The maximum Gasteiger partial charge on any atom is 0.0120 e. The molecule has 0 saturated carbocycles. The molecule has 2 heterocycles. The van der Waals surface area contributed by atoms with Gasteiger partial charge in [-0.1, -0.05) is 20.3 Å². The number of likely N-dealkylation sites (tertiary alicyclic amines) is 2. The molecule has 2 nitrogen and oxygen atoms in total. The third-order valence-corrected chi connectivity index (χ3v) is 4.75. The summed E-state index contributed by atoms with van der Waals surface area (Å²) in [5, 5.41) is 0. The Labute approximate surface area is 101 Å². The Hall–Kier alpha value is -0.0800. The highest BCUT2D eigenvalue weighted by Crippen LogP contribution is 2.25. The summed E-state index contributed by atoms with van der Waals surface area (Å²) in [6.45, 7) is 11.3. The third-order valence-electron chi connectivity index (χ3n) is 4.75. The minimum absolute atomic E-state index is 0.903. The molecule has 2 aliphatic rings. The fourth-order valence-corrected chi connectivity index (χ4v) is 3.33. The molecular weight excluding hydrogens is 196 g/mol. The predicted molar refractivity (Wildman–Crippen MR) is 69.7 cm³/mol. The zero-order valence-corrected chi connectivity index (χ0v) is 11.1. The predicted octanol–water partition coefficient (Wildman–Crippen LogP) is 2.59. The van der Waals surface area contributed by atoms with Crippen LogP contribution >= 0.6 is 0 Å². The van der Waals surface area contributed by atoms with Gasteiger partial charge in [0.2, 0.25) is 0 Å². The van der Waals surface area contributed by atoms with Crippen LogP contribution in [0.4, 0.5) is 0 Å². The van der Waals surface area contributed by atoms with E-state index in [0.29, 0.717) is 0 Å². The van der Waals surface area contributed by atoms with Crippen molar-refractivity contribution in [3.05, 3.63) is 0 Å². The van der Waals surface area contributed by atoms with Crippen LogP contribution in [-0.2, 0) is 0 Å². The Morgan fingerprint density at radius 1 is 0.875 bits per heavy atom. The monoisotopic (exact) mass is 224 g/mol. The van der Waals surface area contributed by atoms with Crippen LogP contribution in [0, 0.1) is 5.92 Å². The molecule has 2 saturated heterocycles. The second-order valence-electron chi connectivity index (χ2n) is 5.55. The number of nitrogens with zero attached hydrogens (tertiary/aromatic N) is 2. The van der Waals surface area contributed by atoms with Crippen LogP contribution in [0.3, 0.4) is 0 Å². The second-order valence-corrected chi connectivity index (χ2v) is 5.55. The van der Waals surface area contributed by atoms with Gasteiger partial charge in [-0.25, -0.2) is 0 Å². The van der Waals surface area contributed by atoms with E-state index in [4.69, 9.17) is 0 Å². The Balaban J connectivity index is 1.73. The van der Waals surface area contributed by atoms with Gasteiger partial charge < -0.3 is 9.80 Å². The van der Waals surface area contributed by atoms with E-state index in [1.165, 1.54) is 64.8 Å². The lowest BCUT2D eigenvalue weighted by molar-refractivity contribution is 0.0788. The van der Waals surface area contributed by atoms with Crippen LogP contribution in [0.1, 0.15) is 46.0 Å². The van der Waals surface area contributed by atoms with Crippen molar-refractivity contribution in [1.29, 1.82) is 0 Å². The van der Waals surface area contributed by atoms with Crippen molar-refractivity contribution in [3.8, 4) is 0 Å². The van der Waals surface area contributed by atoms with Gasteiger partial charge in [0, 0.05) is 6.04 Å². The van der Waals surface area contributed by atoms with Crippen LogP contribution in [0.25, 0.3) is 0 Å². The maximum absolute atomic E-state index is 2.78. The van der Waals surface area contributed by atoms with Gasteiger partial charge in [0.05, 0.1) is 0 Å². The van der Waals surface area contributed by atoms with Crippen LogP contribution in [0.2, 0.25) is 0 Å². The fourth-order valence-electron chi connectivity index (χ4n) is 3.33. The van der Waals surface area contributed by atoms with E-state index < -0.39 is 0 Å². The van der Waals surface area contributed by atoms with Crippen LogP contribution in [0.5, 0.6) is 0 Å². The second kappa shape index (κ2) is 6.02. The average molecular weight is 224 g/mol. The summed E-state index contributed by atoms with van der Waals surface area (Å²) in [7, 11) is 0. The molecule has 0 aromatic rings. The van der Waals surface area contributed by atoms with Gasteiger partial charge in [-0.05, 0) is 64.3 Å². The minimum Gasteiger partial charge on any atom is -0.303 e. The molecule has 0 aromatic heterocycles. The molecule has 0 atom stereocenters. The summed E-state index contributed by atoms with van der Waals surface area (Å²) in [4.78, 5) is 5.37. The molecule has 2 heteroatoms. The normalized spacial score (nSPS) is 27.4. The first-order valence-electron chi connectivity index (χ1n) is 7.29. The first kappa shape index (κ1) is 12.4. The van der Waals surface area contributed by atoms with E-state index in [2.05, 4.69) is 23.6 Å². The van der Waals surface area contributed by atoms with Crippen LogP contribution in [0.15, 0.2) is 0 Å². The fraction of sp³-hybridized carbons (Fsp3) is 1.00. The summed E-state index contributed by atoms with van der Waals surface area (Å²) in [5.74, 6) is 1.02. The molecule has 0 N–H and O–H groups in total. The Kier molecular flexibility index (Phi) is 4.66. The molecule has 0 amide bonds. The highest BCUT2D eigenvalue weighted by Gasteiger charge is 2.26. The lowest BCUT2D eigenvalue weighted by Gasteiger charge is -2.41. The molecule has 0 spiro atoms. The highest BCUT2D eigenvalue weighted by atomic mass is 15.2. The number of hydrogen-bond donors (Lipinski definition) is 0. The number of rotatable bonds is 3. The average Bonchev–Trinajstić information content (AvgIpc) is 2.39. The van der Waals surface area contributed by atoms with Crippen LogP contribution < -0.4 is 0 Å². The van der Waals surface area contributed by atoms with E-state index in [1.807, 2.05) is 0 Å². The molecule has 0 aromatic carbocycles. The smallest absolute Gasteiger partial charge is 0.0120 e. The molecule has 0 aliphatic carbocycles. The lowest BCUT2D eigenvalue weighted by atomic mass is 9.92. The van der Waals surface area contributed by atoms with Crippen molar-refractivity contribution in [2.45, 2.75) is 52.0 Å². The first-order valence-corrected chi connectivity index (χ1v) is 7.29. The van der Waals surface area contributed by atoms with Crippen molar-refractivity contribution < 1.29 is 0 Å². The van der Waals surface area contributed by atoms with E-state index >= 15 is 0 Å². The third kappa shape index (κ3) is 2.98. The first-order chi connectivity index (χ1) is 7.83. The Bertz CT molecular complexity index is 167. The summed E-state index contributed by atoms with van der Waals surface area (Å²) in [5.41, 5.74) is 0. The molecule has 2 rings (SSSR count). The largest absolute Gasteiger partial charge is 0.303 e. The van der Waals surface area contributed by atoms with E-state index in [1.54, 1.807) is 0 Å². The standard InChI is InChI=1S/C14H28N2/c1-3-13-5-11-16(12-6-13)14-7-9-15(4-2)10-8-14/h13-14H,3-12H2,1-2H3. The lowest BCUT2D eigenvalue weighted by Crippen LogP contribution is -2.47. The maximum atomic E-state index is 2.78. The Morgan fingerprint density at radius 3 is 2.00 bits per heavy atom. The van der Waals surface area contributed by atoms with Crippen molar-refractivity contribution in [2.75, 3.05) is 32.7 Å². The molecule has 0 unspecified atom stereocenters. The van der Waals surface area contributed by atoms with Gasteiger partial charge in [-0.2, -0.15) is 0 Å². The van der Waals surface area contributed by atoms with Gasteiger partial charge in [0.1, 0.15) is 0 Å². The van der Waals surface area contributed by atoms with Gasteiger partial charge in [-0.15, -0.1) is 0 Å². The number of hydrogen-bond acceptors (Lipinski definition) is 2. The highest BCUT2D eigenvalue weighted by molar-refractivity contribution is 4.82. The molecule has 2 fully saturated rings. The number of piperidine rings is 2. The van der Waals surface area contributed by atoms with Crippen molar-refractivity contribution in [1.82, 2.24) is 9.80 Å². The van der Waals surface area contributed by atoms with Gasteiger partial charge in [0.25, 0.3) is 0 Å².